The summed E-state index contributed by atoms with van der Waals surface area (Å²) in [5.41, 5.74) is 5.57. The summed E-state index contributed by atoms with van der Waals surface area (Å²) in [6.45, 7) is 8.44. The minimum absolute atomic E-state index is 0.0602. The molecule has 1 heterocycles. The van der Waals surface area contributed by atoms with E-state index in [-0.39, 0.29) is 17.9 Å². The predicted molar refractivity (Wildman–Crippen MR) is 128 cm³/mol. The van der Waals surface area contributed by atoms with E-state index in [0.717, 1.165) is 15.8 Å². The maximum Gasteiger partial charge on any atom is 0.264 e. The van der Waals surface area contributed by atoms with Crippen LogP contribution in [-0.2, 0) is 10.2 Å². The van der Waals surface area contributed by atoms with E-state index in [1.54, 1.807) is 0 Å². The van der Waals surface area contributed by atoms with Crippen molar-refractivity contribution in [2.45, 2.75) is 33.1 Å². The lowest BCUT2D eigenvalue weighted by Crippen LogP contribution is -2.20. The van der Waals surface area contributed by atoms with Crippen molar-refractivity contribution in [3.05, 3.63) is 89.0 Å². The summed E-state index contributed by atoms with van der Waals surface area (Å²) >= 11 is 1.48. The molecule has 1 aromatic heterocycles. The fourth-order valence-electron chi connectivity index (χ4n) is 3.72. The second kappa shape index (κ2) is 8.52. The number of nitrogens with one attached hydrogen (secondary N) is 1. The van der Waals surface area contributed by atoms with Gasteiger partial charge in [0.1, 0.15) is 5.75 Å². The summed E-state index contributed by atoms with van der Waals surface area (Å²) < 4.78 is 6.77. The van der Waals surface area contributed by atoms with E-state index in [1.807, 2.05) is 25.1 Å². The van der Waals surface area contributed by atoms with E-state index >= 15 is 0 Å². The van der Waals surface area contributed by atoms with Crippen molar-refractivity contribution in [2.24, 2.45) is 0 Å². The molecule has 0 aliphatic rings. The van der Waals surface area contributed by atoms with Crippen molar-refractivity contribution in [1.29, 1.82) is 0 Å². The van der Waals surface area contributed by atoms with Gasteiger partial charge < -0.3 is 4.74 Å². The van der Waals surface area contributed by atoms with Crippen LogP contribution in [0.25, 0.3) is 10.2 Å². The van der Waals surface area contributed by atoms with Crippen molar-refractivity contribution >= 4 is 32.6 Å². The maximum atomic E-state index is 12.4. The average molecular weight is 431 g/mol. The molecule has 0 fully saturated rings. The number of rotatable bonds is 6. The minimum atomic E-state index is -0.220. The molecule has 5 heteroatoms. The molecule has 0 aliphatic heterocycles. The van der Waals surface area contributed by atoms with E-state index in [4.69, 9.17) is 4.74 Å². The molecule has 158 valence electrons. The van der Waals surface area contributed by atoms with Gasteiger partial charge in [0, 0.05) is 5.41 Å². The largest absolute Gasteiger partial charge is 0.484 e. The number of anilines is 1. The molecular formula is C26H26N2O2S. The smallest absolute Gasteiger partial charge is 0.264 e. The third kappa shape index (κ3) is 4.62. The second-order valence-corrected chi connectivity index (χ2v) is 9.33. The standard InChI is InChI=1S/C26H26N2O2S/c1-17-14-18(2)24-22(15-17)31-25(28-24)27-23(29)16-30-21-12-10-20(11-13-21)26(3,4)19-8-6-5-7-9-19/h5-15H,16H2,1-4H3,(H,27,28,29). The number of ether oxygens (including phenoxy) is 1. The molecule has 0 saturated carbocycles. The van der Waals surface area contributed by atoms with Gasteiger partial charge in [0.2, 0.25) is 0 Å². The van der Waals surface area contributed by atoms with Crippen molar-refractivity contribution < 1.29 is 9.53 Å². The number of aryl methyl sites for hydroxylation is 2. The molecule has 4 nitrogen and oxygen atoms in total. The third-order valence-corrected chi connectivity index (χ3v) is 6.44. The molecule has 4 aromatic rings. The van der Waals surface area contributed by atoms with Gasteiger partial charge in [0.15, 0.2) is 11.7 Å². The molecule has 0 unspecified atom stereocenters. The summed E-state index contributed by atoms with van der Waals surface area (Å²) in [7, 11) is 0. The van der Waals surface area contributed by atoms with Crippen LogP contribution in [0.3, 0.4) is 0 Å². The normalized spacial score (nSPS) is 11.5. The summed E-state index contributed by atoms with van der Waals surface area (Å²) in [6.07, 6.45) is 0. The summed E-state index contributed by atoms with van der Waals surface area (Å²) in [5.74, 6) is 0.445. The molecule has 1 amide bonds. The van der Waals surface area contributed by atoms with Crippen LogP contribution in [0.15, 0.2) is 66.7 Å². The highest BCUT2D eigenvalue weighted by Crippen LogP contribution is 2.32. The minimum Gasteiger partial charge on any atom is -0.484 e. The number of fused-ring (bicyclic) bond motifs is 1. The molecule has 0 atom stereocenters. The Balaban J connectivity index is 1.38. The average Bonchev–Trinajstić information content (AvgIpc) is 3.15. The van der Waals surface area contributed by atoms with Gasteiger partial charge in [-0.05, 0) is 54.3 Å². The van der Waals surface area contributed by atoms with Gasteiger partial charge in [-0.15, -0.1) is 0 Å². The number of hydrogen-bond donors (Lipinski definition) is 1. The first-order chi connectivity index (χ1) is 14.8. The molecule has 4 rings (SSSR count). The van der Waals surface area contributed by atoms with E-state index in [2.05, 4.69) is 79.6 Å². The Bertz CT molecular complexity index is 1210. The van der Waals surface area contributed by atoms with E-state index in [9.17, 15) is 4.79 Å². The van der Waals surface area contributed by atoms with Gasteiger partial charge in [0.25, 0.3) is 5.91 Å². The van der Waals surface area contributed by atoms with Crippen molar-refractivity contribution in [3.8, 4) is 5.75 Å². The van der Waals surface area contributed by atoms with Crippen LogP contribution >= 0.6 is 11.3 Å². The SMILES string of the molecule is Cc1cc(C)c2nc(NC(=O)COc3ccc(C(C)(C)c4ccccc4)cc3)sc2c1. The number of thiazole rings is 1. The monoisotopic (exact) mass is 430 g/mol. The Morgan fingerprint density at radius 2 is 1.68 bits per heavy atom. The van der Waals surface area contributed by atoms with Crippen LogP contribution < -0.4 is 10.1 Å². The predicted octanol–water partition coefficient (Wildman–Crippen LogP) is 6.26. The van der Waals surface area contributed by atoms with Crippen LogP contribution in [0, 0.1) is 13.8 Å². The lowest BCUT2D eigenvalue weighted by molar-refractivity contribution is -0.118. The lowest BCUT2D eigenvalue weighted by atomic mass is 9.78. The first-order valence-corrected chi connectivity index (χ1v) is 11.1. The van der Waals surface area contributed by atoms with Crippen molar-refractivity contribution in [2.75, 3.05) is 11.9 Å². The van der Waals surface area contributed by atoms with Crippen molar-refractivity contribution in [1.82, 2.24) is 4.98 Å². The number of carbonyl (C=O) groups excluding carboxylic acids is 1. The molecule has 3 aromatic carbocycles. The summed E-state index contributed by atoms with van der Waals surface area (Å²) in [4.78, 5) is 16.9. The summed E-state index contributed by atoms with van der Waals surface area (Å²) in [5, 5.41) is 3.44. The number of benzene rings is 3. The molecule has 0 radical (unpaired) electrons. The molecule has 1 N–H and O–H groups in total. The van der Waals surface area contributed by atoms with Crippen LogP contribution in [0.2, 0.25) is 0 Å². The first kappa shape index (κ1) is 21.1. The molecule has 0 aliphatic carbocycles. The molecule has 31 heavy (non-hydrogen) atoms. The van der Waals surface area contributed by atoms with Gasteiger partial charge in [-0.1, -0.05) is 73.7 Å². The molecular weight excluding hydrogens is 404 g/mol. The van der Waals surface area contributed by atoms with Gasteiger partial charge >= 0.3 is 0 Å². The Labute approximate surface area is 186 Å². The first-order valence-electron chi connectivity index (χ1n) is 10.3. The van der Waals surface area contributed by atoms with Crippen LogP contribution in [0.5, 0.6) is 5.75 Å². The zero-order chi connectivity index (χ0) is 22.0. The fraction of sp³-hybridized carbons (Fsp3) is 0.231. The fourth-order valence-corrected chi connectivity index (χ4v) is 4.78. The quantitative estimate of drug-likeness (QED) is 0.393. The Morgan fingerprint density at radius 1 is 1.00 bits per heavy atom. The summed E-state index contributed by atoms with van der Waals surface area (Å²) in [6, 6.07) is 22.5. The highest BCUT2D eigenvalue weighted by molar-refractivity contribution is 7.22. The van der Waals surface area contributed by atoms with Gasteiger partial charge in [-0.25, -0.2) is 4.98 Å². The zero-order valence-corrected chi connectivity index (χ0v) is 19.0. The van der Waals surface area contributed by atoms with Crippen LogP contribution in [0.4, 0.5) is 5.13 Å². The number of carbonyl (C=O) groups is 1. The van der Waals surface area contributed by atoms with E-state index in [1.165, 1.54) is 28.0 Å². The maximum absolute atomic E-state index is 12.4. The second-order valence-electron chi connectivity index (χ2n) is 8.30. The highest BCUT2D eigenvalue weighted by atomic mass is 32.1. The number of aromatic nitrogens is 1. The Kier molecular flexibility index (Phi) is 5.79. The van der Waals surface area contributed by atoms with Gasteiger partial charge in [0.05, 0.1) is 10.2 Å². The van der Waals surface area contributed by atoms with Crippen LogP contribution in [-0.4, -0.2) is 17.5 Å². The van der Waals surface area contributed by atoms with E-state index in [0.29, 0.717) is 10.9 Å². The van der Waals surface area contributed by atoms with Crippen molar-refractivity contribution in [3.63, 3.8) is 0 Å². The molecule has 0 saturated heterocycles. The molecule has 0 bridgehead atoms. The Morgan fingerprint density at radius 3 is 2.39 bits per heavy atom. The number of hydrogen-bond acceptors (Lipinski definition) is 4. The van der Waals surface area contributed by atoms with E-state index < -0.39 is 0 Å². The highest BCUT2D eigenvalue weighted by Gasteiger charge is 2.22. The topological polar surface area (TPSA) is 51.2 Å². The third-order valence-electron chi connectivity index (χ3n) is 5.52. The van der Waals surface area contributed by atoms with Gasteiger partial charge in [-0.2, -0.15) is 0 Å². The van der Waals surface area contributed by atoms with Crippen LogP contribution in [0.1, 0.15) is 36.1 Å². The van der Waals surface area contributed by atoms with Gasteiger partial charge in [-0.3, -0.25) is 10.1 Å². The number of amides is 1. The Hall–Kier alpha value is -3.18. The number of nitrogens with zero attached hydrogens (tertiary/aromatic N) is 1. The molecule has 0 spiro atoms. The lowest BCUT2D eigenvalue weighted by Gasteiger charge is -2.26. The zero-order valence-electron chi connectivity index (χ0n) is 18.2.